The highest BCUT2D eigenvalue weighted by Gasteiger charge is 2.42. The molecule has 2 unspecified atom stereocenters. The van der Waals surface area contributed by atoms with Crippen molar-refractivity contribution >= 4 is 52.3 Å². The zero-order chi connectivity index (χ0) is 35.7. The molecule has 3 aliphatic heterocycles. The first kappa shape index (κ1) is 34.8. The summed E-state index contributed by atoms with van der Waals surface area (Å²) in [5.41, 5.74) is 10.4. The van der Waals surface area contributed by atoms with E-state index in [0.29, 0.717) is 37.2 Å². The van der Waals surface area contributed by atoms with Crippen LogP contribution in [0.1, 0.15) is 65.3 Å². The molecule has 0 aromatic heterocycles. The number of carbonyl (C=O) groups excluding carboxylic acids is 3. The molecule has 0 bridgehead atoms. The maximum Gasteiger partial charge on any atom is 0.335 e. The van der Waals surface area contributed by atoms with Crippen LogP contribution < -0.4 is 11.1 Å². The zero-order valence-corrected chi connectivity index (χ0v) is 28.3. The van der Waals surface area contributed by atoms with Gasteiger partial charge in [0.05, 0.1) is 22.3 Å². The number of hydrogen-bond donors (Lipinski definition) is 3. The Morgan fingerprint density at radius 1 is 1.02 bits per heavy atom. The van der Waals surface area contributed by atoms with Crippen LogP contribution in [-0.4, -0.2) is 76.1 Å². The van der Waals surface area contributed by atoms with Crippen molar-refractivity contribution in [3.63, 3.8) is 0 Å². The summed E-state index contributed by atoms with van der Waals surface area (Å²) in [5.74, 6) is -2.83. The minimum absolute atomic E-state index is 0.0173. The number of carboxylic acids is 1. The summed E-state index contributed by atoms with van der Waals surface area (Å²) in [6, 6.07) is 14.2. The van der Waals surface area contributed by atoms with Gasteiger partial charge in [-0.15, -0.1) is 0 Å². The van der Waals surface area contributed by atoms with Gasteiger partial charge in [-0.25, -0.2) is 9.18 Å². The lowest BCUT2D eigenvalue weighted by molar-refractivity contribution is -0.148. The van der Waals surface area contributed by atoms with Gasteiger partial charge >= 0.3 is 5.97 Å². The number of oxime groups is 1. The second-order valence-corrected chi connectivity index (χ2v) is 13.3. The molecule has 0 saturated carbocycles. The number of amides is 3. The number of nitrogens with two attached hydrogens (primary N) is 1. The number of halogens is 2. The standard InChI is InChI=1S/C37H37ClFN5O6/c1-20(2)32(40)36(47)43-16-13-21(14-17-43)24-5-3-6-26-25(24)15-18-44(33(26)34(45)41-23-11-9-22(10-12-23)37(48)49)35(46)30-19-29(42-50-30)27-7-4-8-28(38)31(27)39/h3-13,20,30,32-33H,14-19,40H2,1-2H3,(H,41,45)(H,48,49)/t30?,32?,33-/m0/s1. The van der Waals surface area contributed by atoms with Crippen molar-refractivity contribution in [1.29, 1.82) is 0 Å². The van der Waals surface area contributed by atoms with E-state index in [4.69, 9.17) is 22.2 Å². The monoisotopic (exact) mass is 701 g/mol. The quantitative estimate of drug-likeness (QED) is 0.298. The first-order chi connectivity index (χ1) is 23.9. The van der Waals surface area contributed by atoms with Crippen molar-refractivity contribution in [3.05, 3.63) is 105 Å². The first-order valence-corrected chi connectivity index (χ1v) is 16.8. The number of aromatic carboxylic acids is 1. The minimum Gasteiger partial charge on any atom is -0.478 e. The fourth-order valence-electron chi connectivity index (χ4n) is 6.59. The summed E-state index contributed by atoms with van der Waals surface area (Å²) in [5, 5.41) is 16.1. The predicted octanol–water partition coefficient (Wildman–Crippen LogP) is 5.03. The second kappa shape index (κ2) is 14.4. The van der Waals surface area contributed by atoms with Gasteiger partial charge in [0.1, 0.15) is 6.04 Å². The van der Waals surface area contributed by atoms with Gasteiger partial charge in [-0.2, -0.15) is 0 Å². The van der Waals surface area contributed by atoms with E-state index in [1.54, 1.807) is 11.0 Å². The number of rotatable bonds is 8. The number of hydrogen-bond acceptors (Lipinski definition) is 7. The van der Waals surface area contributed by atoms with Crippen LogP contribution in [0.4, 0.5) is 10.1 Å². The topological polar surface area (TPSA) is 155 Å². The molecule has 0 spiro atoms. The molecule has 13 heteroatoms. The Kier molecular flexibility index (Phi) is 10.0. The van der Waals surface area contributed by atoms with Gasteiger partial charge in [0, 0.05) is 37.3 Å². The minimum atomic E-state index is -1.10. The van der Waals surface area contributed by atoms with Gasteiger partial charge in [-0.3, -0.25) is 14.4 Å². The normalized spacial score (nSPS) is 19.2. The summed E-state index contributed by atoms with van der Waals surface area (Å²) in [6.07, 6.45) is 1.93. The predicted molar refractivity (Wildman–Crippen MR) is 186 cm³/mol. The van der Waals surface area contributed by atoms with Crippen LogP contribution in [0.15, 0.2) is 71.9 Å². The summed E-state index contributed by atoms with van der Waals surface area (Å²) in [6.45, 7) is 4.93. The summed E-state index contributed by atoms with van der Waals surface area (Å²) >= 11 is 5.97. The van der Waals surface area contributed by atoms with E-state index >= 15 is 0 Å². The molecule has 0 fully saturated rings. The van der Waals surface area contributed by atoms with E-state index in [1.165, 1.54) is 41.3 Å². The number of benzene rings is 3. The van der Waals surface area contributed by atoms with Crippen molar-refractivity contribution in [2.75, 3.05) is 25.0 Å². The molecule has 3 heterocycles. The van der Waals surface area contributed by atoms with Gasteiger partial charge in [-0.05, 0) is 77.4 Å². The molecule has 3 aromatic carbocycles. The molecule has 0 radical (unpaired) electrons. The molecule has 4 N–H and O–H groups in total. The highest BCUT2D eigenvalue weighted by atomic mass is 35.5. The van der Waals surface area contributed by atoms with E-state index in [9.17, 15) is 28.7 Å². The highest BCUT2D eigenvalue weighted by molar-refractivity contribution is 6.31. The number of carbonyl (C=O) groups is 4. The van der Waals surface area contributed by atoms with Crippen molar-refractivity contribution in [2.24, 2.45) is 16.8 Å². The van der Waals surface area contributed by atoms with Crippen LogP contribution in [0.2, 0.25) is 5.02 Å². The van der Waals surface area contributed by atoms with Crippen molar-refractivity contribution in [2.45, 2.75) is 51.3 Å². The number of nitrogens with zero attached hydrogens (tertiary/aromatic N) is 3. The fourth-order valence-corrected chi connectivity index (χ4v) is 6.76. The van der Waals surface area contributed by atoms with Crippen LogP contribution in [0.25, 0.3) is 5.57 Å². The molecule has 6 rings (SSSR count). The van der Waals surface area contributed by atoms with E-state index < -0.39 is 41.8 Å². The van der Waals surface area contributed by atoms with Crippen LogP contribution in [0, 0.1) is 11.7 Å². The molecule has 0 saturated heterocycles. The maximum atomic E-state index is 14.8. The largest absolute Gasteiger partial charge is 0.478 e. The fraction of sp³-hybridized carbons (Fsp3) is 0.324. The number of anilines is 1. The lowest BCUT2D eigenvalue weighted by Crippen LogP contribution is -2.49. The molecule has 3 aromatic rings. The molecule has 3 aliphatic rings. The lowest BCUT2D eigenvalue weighted by Gasteiger charge is -2.38. The third-order valence-electron chi connectivity index (χ3n) is 9.43. The molecule has 11 nitrogen and oxygen atoms in total. The second-order valence-electron chi connectivity index (χ2n) is 12.9. The van der Waals surface area contributed by atoms with Crippen molar-refractivity contribution in [3.8, 4) is 0 Å². The molecule has 3 amide bonds. The Morgan fingerprint density at radius 3 is 2.42 bits per heavy atom. The Hall–Kier alpha value is -5.07. The van der Waals surface area contributed by atoms with Gasteiger partial charge < -0.3 is 30.8 Å². The van der Waals surface area contributed by atoms with Crippen molar-refractivity contribution in [1.82, 2.24) is 9.80 Å². The van der Waals surface area contributed by atoms with Crippen LogP contribution in [0.5, 0.6) is 0 Å². The molecular weight excluding hydrogens is 665 g/mol. The summed E-state index contributed by atoms with van der Waals surface area (Å²) in [7, 11) is 0. The Morgan fingerprint density at radius 2 is 1.74 bits per heavy atom. The van der Waals surface area contributed by atoms with Gasteiger partial charge in [-0.1, -0.05) is 60.9 Å². The maximum absolute atomic E-state index is 14.8. The molecule has 0 aliphatic carbocycles. The molecule has 50 heavy (non-hydrogen) atoms. The smallest absolute Gasteiger partial charge is 0.335 e. The van der Waals surface area contributed by atoms with Crippen LogP contribution in [-0.2, 0) is 25.6 Å². The van der Waals surface area contributed by atoms with E-state index in [1.807, 2.05) is 38.1 Å². The number of carboxylic acid groups (broad SMARTS) is 1. The summed E-state index contributed by atoms with van der Waals surface area (Å²) < 4.78 is 14.8. The summed E-state index contributed by atoms with van der Waals surface area (Å²) in [4.78, 5) is 61.3. The van der Waals surface area contributed by atoms with Gasteiger partial charge in [0.15, 0.2) is 5.82 Å². The number of nitrogens with one attached hydrogen (secondary N) is 1. The first-order valence-electron chi connectivity index (χ1n) is 16.4. The van der Waals surface area contributed by atoms with Crippen LogP contribution >= 0.6 is 11.6 Å². The average Bonchev–Trinajstić information content (AvgIpc) is 3.61. The van der Waals surface area contributed by atoms with Gasteiger partial charge in [0.25, 0.3) is 11.8 Å². The van der Waals surface area contributed by atoms with E-state index in [0.717, 1.165) is 16.7 Å². The van der Waals surface area contributed by atoms with Crippen LogP contribution in [0.3, 0.4) is 0 Å². The third kappa shape index (κ3) is 6.86. The third-order valence-corrected chi connectivity index (χ3v) is 9.72. The van der Waals surface area contributed by atoms with Crippen molar-refractivity contribution < 1.29 is 33.5 Å². The van der Waals surface area contributed by atoms with Gasteiger partial charge in [0.2, 0.25) is 12.0 Å². The molecular formula is C37H37ClFN5O6. The lowest BCUT2D eigenvalue weighted by atomic mass is 9.84. The number of fused-ring (bicyclic) bond motifs is 1. The van der Waals surface area contributed by atoms with E-state index in [2.05, 4.69) is 10.5 Å². The highest BCUT2D eigenvalue weighted by Crippen LogP contribution is 2.38. The zero-order valence-electron chi connectivity index (χ0n) is 27.6. The van der Waals surface area contributed by atoms with E-state index in [-0.39, 0.29) is 46.7 Å². The molecule has 260 valence electrons. The SMILES string of the molecule is CC(C)C(N)C(=O)N1CC=C(c2cccc3c2CCN(C(=O)C2CC(c4cccc(Cl)c4F)=NO2)[C@@H]3C(=O)Nc2ccc(C(=O)O)cc2)CC1. The molecule has 3 atom stereocenters. The average molecular weight is 702 g/mol. The Labute approximate surface area is 293 Å². The Bertz CT molecular complexity index is 1910. The Balaban J connectivity index is 1.29.